The molecule has 0 radical (unpaired) electrons. The van der Waals surface area contributed by atoms with Crippen LogP contribution < -0.4 is 10.6 Å². The number of hydrogen-bond donors (Lipinski definition) is 2. The zero-order valence-corrected chi connectivity index (χ0v) is 16.8. The first kappa shape index (κ1) is 19.8. The summed E-state index contributed by atoms with van der Waals surface area (Å²) in [4.78, 5) is 29.2. The molecule has 2 aromatic carbocycles. The molecule has 0 spiro atoms. The van der Waals surface area contributed by atoms with Crippen molar-refractivity contribution in [1.29, 1.82) is 0 Å². The van der Waals surface area contributed by atoms with Crippen molar-refractivity contribution in [2.24, 2.45) is 5.92 Å². The minimum absolute atomic E-state index is 0.0782. The number of nitrogens with one attached hydrogen (secondary N) is 2. The molecule has 0 atom stereocenters. The summed E-state index contributed by atoms with van der Waals surface area (Å²) in [6, 6.07) is 19.2. The van der Waals surface area contributed by atoms with E-state index in [-0.39, 0.29) is 24.2 Å². The summed E-state index contributed by atoms with van der Waals surface area (Å²) < 4.78 is 0. The van der Waals surface area contributed by atoms with Crippen molar-refractivity contribution in [3.05, 3.63) is 66.2 Å². The van der Waals surface area contributed by atoms with Gasteiger partial charge in [0.15, 0.2) is 5.13 Å². The Hall–Kier alpha value is -2.99. The second-order valence-electron chi connectivity index (χ2n) is 6.92. The van der Waals surface area contributed by atoms with Crippen LogP contribution in [0.3, 0.4) is 0 Å². The fraction of sp³-hybridized carbons (Fsp3) is 0.227. The smallest absolute Gasteiger partial charge is 0.229 e. The number of nitrogens with zero attached hydrogens (tertiary/aromatic N) is 1. The molecule has 144 valence electrons. The largest absolute Gasteiger partial charge is 0.316 e. The van der Waals surface area contributed by atoms with Gasteiger partial charge < -0.3 is 10.6 Å². The molecule has 0 aliphatic heterocycles. The average Bonchev–Trinajstić information content (AvgIpc) is 3.04. The molecule has 3 rings (SSSR count). The van der Waals surface area contributed by atoms with Crippen LogP contribution in [0.5, 0.6) is 0 Å². The van der Waals surface area contributed by atoms with E-state index in [9.17, 15) is 9.59 Å². The molecule has 0 saturated carbocycles. The first-order valence-corrected chi connectivity index (χ1v) is 10.0. The SMILES string of the molecule is CC(C)CC(=O)Nc1nc(-c2ccccc2)c(NC(=O)Cc2ccccc2)s1. The number of benzene rings is 2. The van der Waals surface area contributed by atoms with E-state index < -0.39 is 0 Å². The van der Waals surface area contributed by atoms with Crippen molar-refractivity contribution in [3.63, 3.8) is 0 Å². The summed E-state index contributed by atoms with van der Waals surface area (Å²) >= 11 is 1.27. The Morgan fingerprint density at radius 3 is 2.21 bits per heavy atom. The van der Waals surface area contributed by atoms with Crippen LogP contribution in [0.2, 0.25) is 0 Å². The lowest BCUT2D eigenvalue weighted by Crippen LogP contribution is -2.14. The van der Waals surface area contributed by atoms with Crippen molar-refractivity contribution < 1.29 is 9.59 Å². The summed E-state index contributed by atoms with van der Waals surface area (Å²) in [6.07, 6.45) is 0.706. The molecule has 0 bridgehead atoms. The molecule has 5 nitrogen and oxygen atoms in total. The number of thiazole rings is 1. The molecular formula is C22H23N3O2S. The molecule has 1 aromatic heterocycles. The highest BCUT2D eigenvalue weighted by molar-refractivity contribution is 7.20. The number of rotatable bonds is 7. The summed E-state index contributed by atoms with van der Waals surface area (Å²) in [5.41, 5.74) is 2.49. The lowest BCUT2D eigenvalue weighted by Gasteiger charge is -2.05. The van der Waals surface area contributed by atoms with Gasteiger partial charge in [0.2, 0.25) is 11.8 Å². The van der Waals surface area contributed by atoms with Crippen molar-refractivity contribution in [2.45, 2.75) is 26.7 Å². The predicted molar refractivity (Wildman–Crippen MR) is 114 cm³/mol. The van der Waals surface area contributed by atoms with E-state index in [0.717, 1.165) is 11.1 Å². The second-order valence-corrected chi connectivity index (χ2v) is 7.92. The molecular weight excluding hydrogens is 370 g/mol. The Morgan fingerprint density at radius 1 is 0.929 bits per heavy atom. The normalized spacial score (nSPS) is 10.7. The van der Waals surface area contributed by atoms with Gasteiger partial charge in [-0.25, -0.2) is 4.98 Å². The van der Waals surface area contributed by atoms with E-state index >= 15 is 0 Å². The number of hydrogen-bond acceptors (Lipinski definition) is 4. The Labute approximate surface area is 168 Å². The van der Waals surface area contributed by atoms with E-state index in [1.165, 1.54) is 11.3 Å². The van der Waals surface area contributed by atoms with Crippen LogP contribution in [0.15, 0.2) is 60.7 Å². The van der Waals surface area contributed by atoms with Gasteiger partial charge in [0.05, 0.1) is 6.42 Å². The quantitative estimate of drug-likeness (QED) is 0.595. The summed E-state index contributed by atoms with van der Waals surface area (Å²) in [6.45, 7) is 3.98. The van der Waals surface area contributed by atoms with Gasteiger partial charge >= 0.3 is 0 Å². The first-order valence-electron chi connectivity index (χ1n) is 9.21. The van der Waals surface area contributed by atoms with Crippen LogP contribution in [-0.4, -0.2) is 16.8 Å². The molecule has 3 aromatic rings. The van der Waals surface area contributed by atoms with E-state index in [1.807, 2.05) is 74.5 Å². The predicted octanol–water partition coefficient (Wildman–Crippen LogP) is 4.98. The van der Waals surface area contributed by atoms with Crippen molar-refractivity contribution in [3.8, 4) is 11.3 Å². The van der Waals surface area contributed by atoms with Crippen LogP contribution in [0.1, 0.15) is 25.8 Å². The highest BCUT2D eigenvalue weighted by Gasteiger charge is 2.17. The monoisotopic (exact) mass is 393 g/mol. The molecule has 2 amide bonds. The maximum Gasteiger partial charge on any atom is 0.229 e. The van der Waals surface area contributed by atoms with Gasteiger partial charge in [-0.05, 0) is 11.5 Å². The zero-order chi connectivity index (χ0) is 19.9. The molecule has 0 aliphatic carbocycles. The highest BCUT2D eigenvalue weighted by atomic mass is 32.1. The van der Waals surface area contributed by atoms with Crippen molar-refractivity contribution in [1.82, 2.24) is 4.98 Å². The van der Waals surface area contributed by atoms with E-state index in [0.29, 0.717) is 22.2 Å². The minimum Gasteiger partial charge on any atom is -0.316 e. The molecule has 0 saturated heterocycles. The van der Waals surface area contributed by atoms with Gasteiger partial charge in [0.1, 0.15) is 10.7 Å². The molecule has 0 unspecified atom stereocenters. The van der Waals surface area contributed by atoms with E-state index in [4.69, 9.17) is 0 Å². The Bertz CT molecular complexity index is 937. The molecule has 2 N–H and O–H groups in total. The number of carbonyl (C=O) groups is 2. The maximum absolute atomic E-state index is 12.5. The second kappa shape index (κ2) is 9.28. The van der Waals surface area contributed by atoms with Crippen LogP contribution in [0.4, 0.5) is 10.1 Å². The molecule has 0 fully saturated rings. The van der Waals surface area contributed by atoms with E-state index in [1.54, 1.807) is 0 Å². The Morgan fingerprint density at radius 2 is 1.57 bits per heavy atom. The average molecular weight is 394 g/mol. The van der Waals surface area contributed by atoms with Crippen LogP contribution in [0.25, 0.3) is 11.3 Å². The third-order valence-corrected chi connectivity index (χ3v) is 4.86. The summed E-state index contributed by atoms with van der Waals surface area (Å²) in [5, 5.41) is 6.92. The highest BCUT2D eigenvalue weighted by Crippen LogP contribution is 2.36. The Kier molecular flexibility index (Phi) is 6.55. The third kappa shape index (κ3) is 5.50. The fourth-order valence-corrected chi connectivity index (χ4v) is 3.66. The molecule has 1 heterocycles. The van der Waals surface area contributed by atoms with Crippen LogP contribution in [0, 0.1) is 5.92 Å². The summed E-state index contributed by atoms with van der Waals surface area (Å²) in [5.74, 6) is 0.0659. The third-order valence-electron chi connectivity index (χ3n) is 3.97. The zero-order valence-electron chi connectivity index (χ0n) is 15.9. The number of carbonyl (C=O) groups excluding carboxylic acids is 2. The van der Waals surface area contributed by atoms with Gasteiger partial charge in [-0.1, -0.05) is 85.8 Å². The number of aromatic nitrogens is 1. The molecule has 28 heavy (non-hydrogen) atoms. The molecule has 0 aliphatic rings. The standard InChI is InChI=1S/C22H23N3O2S/c1-15(2)13-18(26)24-22-25-20(17-11-7-4-8-12-17)21(28-22)23-19(27)14-16-9-5-3-6-10-16/h3-12,15H,13-14H2,1-2H3,(H,23,27)(H,24,25,26). The van der Waals surface area contributed by atoms with Gasteiger partial charge in [0.25, 0.3) is 0 Å². The fourth-order valence-electron chi connectivity index (χ4n) is 2.74. The van der Waals surface area contributed by atoms with Crippen molar-refractivity contribution >= 4 is 33.3 Å². The van der Waals surface area contributed by atoms with Gasteiger partial charge in [0, 0.05) is 12.0 Å². The van der Waals surface area contributed by atoms with E-state index in [2.05, 4.69) is 15.6 Å². The number of anilines is 2. The first-order chi connectivity index (χ1) is 13.5. The minimum atomic E-state index is -0.118. The lowest BCUT2D eigenvalue weighted by atomic mass is 10.1. The number of amides is 2. The topological polar surface area (TPSA) is 71.1 Å². The molecule has 6 heteroatoms. The lowest BCUT2D eigenvalue weighted by molar-refractivity contribution is -0.117. The van der Waals surface area contributed by atoms with Gasteiger partial charge in [-0.15, -0.1) is 0 Å². The van der Waals surface area contributed by atoms with Crippen molar-refractivity contribution in [2.75, 3.05) is 10.6 Å². The van der Waals surface area contributed by atoms with Crippen LogP contribution >= 0.6 is 11.3 Å². The van der Waals surface area contributed by atoms with Gasteiger partial charge in [-0.3, -0.25) is 9.59 Å². The Balaban J connectivity index is 1.81. The maximum atomic E-state index is 12.5. The van der Waals surface area contributed by atoms with Crippen LogP contribution in [-0.2, 0) is 16.0 Å². The van der Waals surface area contributed by atoms with Gasteiger partial charge in [-0.2, -0.15) is 0 Å². The summed E-state index contributed by atoms with van der Waals surface area (Å²) in [7, 11) is 0.